The molecule has 1 amide bonds. The van der Waals surface area contributed by atoms with Gasteiger partial charge in [-0.05, 0) is 68.3 Å². The second-order valence-corrected chi connectivity index (χ2v) is 8.48. The molecule has 5 rings (SSSR count). The smallest absolute Gasteiger partial charge is 0.300 e. The lowest BCUT2D eigenvalue weighted by Gasteiger charge is -2.23. The van der Waals surface area contributed by atoms with Gasteiger partial charge in [-0.1, -0.05) is 6.92 Å². The number of aliphatic hydroxyl groups excluding tert-OH is 1. The first-order valence-corrected chi connectivity index (χ1v) is 11.4. The highest BCUT2D eigenvalue weighted by Crippen LogP contribution is 2.45. The van der Waals surface area contributed by atoms with E-state index in [-0.39, 0.29) is 18.1 Å². The molecule has 0 saturated carbocycles. The summed E-state index contributed by atoms with van der Waals surface area (Å²) < 4.78 is 22.4. The summed E-state index contributed by atoms with van der Waals surface area (Å²) in [5.74, 6) is 0.837. The van der Waals surface area contributed by atoms with Gasteiger partial charge in [-0.15, -0.1) is 0 Å². The fraction of sp³-hybridized carbons (Fsp3) is 0.259. The molecule has 1 N–H and O–H groups in total. The summed E-state index contributed by atoms with van der Waals surface area (Å²) in [5, 5.41) is 11.3. The summed E-state index contributed by atoms with van der Waals surface area (Å²) in [7, 11) is 0. The van der Waals surface area contributed by atoms with Crippen LogP contribution in [-0.2, 0) is 9.59 Å². The van der Waals surface area contributed by atoms with Crippen molar-refractivity contribution >= 4 is 23.1 Å². The Balaban J connectivity index is 1.63. The second kappa shape index (κ2) is 8.87. The van der Waals surface area contributed by atoms with Crippen molar-refractivity contribution in [1.29, 1.82) is 0 Å². The van der Waals surface area contributed by atoms with E-state index in [1.807, 2.05) is 13.8 Å². The maximum absolute atomic E-state index is 13.3. The van der Waals surface area contributed by atoms with Crippen LogP contribution >= 0.6 is 0 Å². The average molecular weight is 475 g/mol. The summed E-state index contributed by atoms with van der Waals surface area (Å²) in [4.78, 5) is 27.9. The van der Waals surface area contributed by atoms with E-state index in [4.69, 9.17) is 18.6 Å². The normalized spacial score (nSPS) is 18.4. The van der Waals surface area contributed by atoms with Gasteiger partial charge in [0.05, 0.1) is 12.2 Å². The lowest BCUT2D eigenvalue weighted by Crippen LogP contribution is -2.29. The minimum absolute atomic E-state index is 0.0522. The van der Waals surface area contributed by atoms with Crippen molar-refractivity contribution in [2.45, 2.75) is 33.2 Å². The highest BCUT2D eigenvalue weighted by atomic mass is 16.7. The molecule has 0 bridgehead atoms. The number of ether oxygens (including phenoxy) is 3. The van der Waals surface area contributed by atoms with Gasteiger partial charge in [0.25, 0.3) is 11.7 Å². The number of hydrogen-bond donors (Lipinski definition) is 1. The predicted molar refractivity (Wildman–Crippen MR) is 128 cm³/mol. The number of anilines is 1. The molecule has 3 aromatic rings. The number of benzene rings is 2. The number of amides is 1. The zero-order valence-corrected chi connectivity index (χ0v) is 19.7. The third-order valence-corrected chi connectivity index (χ3v) is 6.02. The first-order chi connectivity index (χ1) is 16.9. The van der Waals surface area contributed by atoms with Gasteiger partial charge in [0.15, 0.2) is 11.5 Å². The first kappa shape index (κ1) is 22.6. The molecular formula is C27H25NO7. The van der Waals surface area contributed by atoms with Crippen LogP contribution < -0.4 is 19.1 Å². The number of rotatable bonds is 6. The van der Waals surface area contributed by atoms with Gasteiger partial charge in [0.2, 0.25) is 6.79 Å². The van der Waals surface area contributed by atoms with Crippen LogP contribution in [0.25, 0.3) is 5.76 Å². The Morgan fingerprint density at radius 1 is 1.06 bits per heavy atom. The van der Waals surface area contributed by atoms with Gasteiger partial charge < -0.3 is 23.7 Å². The van der Waals surface area contributed by atoms with Crippen LogP contribution in [0.15, 0.2) is 58.5 Å². The molecule has 0 radical (unpaired) electrons. The van der Waals surface area contributed by atoms with E-state index in [0.717, 1.165) is 12.0 Å². The summed E-state index contributed by atoms with van der Waals surface area (Å²) in [5.41, 5.74) is 1.58. The van der Waals surface area contributed by atoms with Crippen LogP contribution in [0, 0.1) is 13.8 Å². The molecule has 3 heterocycles. The predicted octanol–water partition coefficient (Wildman–Crippen LogP) is 5.04. The third kappa shape index (κ3) is 3.90. The van der Waals surface area contributed by atoms with Gasteiger partial charge in [0, 0.05) is 17.3 Å². The topological polar surface area (TPSA) is 98.4 Å². The van der Waals surface area contributed by atoms with Crippen LogP contribution in [0.2, 0.25) is 0 Å². The molecule has 1 fully saturated rings. The maximum Gasteiger partial charge on any atom is 0.300 e. The van der Waals surface area contributed by atoms with E-state index < -0.39 is 17.7 Å². The molecule has 1 atom stereocenters. The van der Waals surface area contributed by atoms with Crippen molar-refractivity contribution in [3.8, 4) is 17.2 Å². The van der Waals surface area contributed by atoms with E-state index in [1.54, 1.807) is 55.5 Å². The van der Waals surface area contributed by atoms with Gasteiger partial charge in [0.1, 0.15) is 29.1 Å². The van der Waals surface area contributed by atoms with Crippen LogP contribution in [0.1, 0.15) is 42.0 Å². The number of fused-ring (bicyclic) bond motifs is 1. The van der Waals surface area contributed by atoms with E-state index >= 15 is 0 Å². The van der Waals surface area contributed by atoms with Gasteiger partial charge in [-0.25, -0.2) is 0 Å². The number of aliphatic hydroxyl groups is 1. The molecule has 0 aliphatic carbocycles. The Labute approximate surface area is 202 Å². The fourth-order valence-corrected chi connectivity index (χ4v) is 4.33. The van der Waals surface area contributed by atoms with Crippen LogP contribution in [0.4, 0.5) is 5.69 Å². The molecule has 1 aromatic heterocycles. The number of furan rings is 1. The quantitative estimate of drug-likeness (QED) is 0.303. The SMILES string of the molecule is CCCOc1ccc(/C(O)=C2/C(=O)C(=O)N(c3ccc4c(c3)OCO4)C2c2ccc(C)o2)cc1C. The van der Waals surface area contributed by atoms with E-state index in [9.17, 15) is 14.7 Å². The number of aryl methyl sites for hydroxylation is 2. The molecule has 2 aromatic carbocycles. The molecule has 2 aliphatic rings. The highest BCUT2D eigenvalue weighted by molar-refractivity contribution is 6.51. The lowest BCUT2D eigenvalue weighted by molar-refractivity contribution is -0.132. The van der Waals surface area contributed by atoms with Crippen molar-refractivity contribution in [2.24, 2.45) is 0 Å². The molecule has 35 heavy (non-hydrogen) atoms. The highest BCUT2D eigenvalue weighted by Gasteiger charge is 2.48. The van der Waals surface area contributed by atoms with Crippen LogP contribution in [-0.4, -0.2) is 30.2 Å². The molecule has 1 unspecified atom stereocenters. The molecule has 2 aliphatic heterocycles. The first-order valence-electron chi connectivity index (χ1n) is 11.4. The Hall–Kier alpha value is -4.20. The zero-order chi connectivity index (χ0) is 24.7. The minimum atomic E-state index is -0.958. The molecule has 0 spiro atoms. The lowest BCUT2D eigenvalue weighted by atomic mass is 9.98. The van der Waals surface area contributed by atoms with Crippen LogP contribution in [0.3, 0.4) is 0 Å². The zero-order valence-electron chi connectivity index (χ0n) is 19.7. The number of carbonyl (C=O) groups excluding carboxylic acids is 2. The van der Waals surface area contributed by atoms with E-state index in [0.29, 0.717) is 46.6 Å². The monoisotopic (exact) mass is 475 g/mol. The Morgan fingerprint density at radius 3 is 2.57 bits per heavy atom. The van der Waals surface area contributed by atoms with Crippen LogP contribution in [0.5, 0.6) is 17.2 Å². The van der Waals surface area contributed by atoms with Crippen molar-refractivity contribution in [2.75, 3.05) is 18.3 Å². The van der Waals surface area contributed by atoms with E-state index in [1.165, 1.54) is 4.90 Å². The number of hydrogen-bond acceptors (Lipinski definition) is 7. The summed E-state index contributed by atoms with van der Waals surface area (Å²) in [6.45, 7) is 6.31. The molecule has 8 heteroatoms. The Bertz CT molecular complexity index is 1350. The molecule has 8 nitrogen and oxygen atoms in total. The van der Waals surface area contributed by atoms with Crippen molar-refractivity contribution in [1.82, 2.24) is 0 Å². The standard InChI is InChI=1S/C27H25NO7/c1-4-11-32-19-9-6-17(12-15(19)2)25(29)23-24(21-8-5-16(3)35-21)28(27(31)26(23)30)18-7-10-20-22(13-18)34-14-33-20/h5-10,12-13,24,29H,4,11,14H2,1-3H3/b25-23-. The third-order valence-electron chi connectivity index (χ3n) is 6.02. The Morgan fingerprint density at radius 2 is 1.86 bits per heavy atom. The number of ketones is 1. The van der Waals surface area contributed by atoms with E-state index in [2.05, 4.69) is 0 Å². The van der Waals surface area contributed by atoms with Crippen molar-refractivity contribution in [3.05, 3.63) is 76.8 Å². The molecule has 180 valence electrons. The second-order valence-electron chi connectivity index (χ2n) is 8.48. The average Bonchev–Trinajstić information content (AvgIpc) is 3.55. The Kier molecular flexibility index (Phi) is 5.72. The number of carbonyl (C=O) groups is 2. The summed E-state index contributed by atoms with van der Waals surface area (Å²) >= 11 is 0. The fourth-order valence-electron chi connectivity index (χ4n) is 4.33. The summed E-state index contributed by atoms with van der Waals surface area (Å²) in [6, 6.07) is 12.6. The van der Waals surface area contributed by atoms with Gasteiger partial charge in [-0.2, -0.15) is 0 Å². The van der Waals surface area contributed by atoms with Gasteiger partial charge in [-0.3, -0.25) is 14.5 Å². The number of Topliss-reactive ketones (excluding diaryl/α,β-unsaturated/α-hetero) is 1. The molecule has 1 saturated heterocycles. The van der Waals surface area contributed by atoms with Crippen molar-refractivity contribution in [3.63, 3.8) is 0 Å². The minimum Gasteiger partial charge on any atom is -0.507 e. The number of nitrogens with zero attached hydrogens (tertiary/aromatic N) is 1. The molecular weight excluding hydrogens is 450 g/mol. The largest absolute Gasteiger partial charge is 0.507 e. The summed E-state index contributed by atoms with van der Waals surface area (Å²) in [6.07, 6.45) is 0.868. The van der Waals surface area contributed by atoms with Gasteiger partial charge >= 0.3 is 0 Å². The maximum atomic E-state index is 13.3. The van der Waals surface area contributed by atoms with Crippen molar-refractivity contribution < 1.29 is 33.3 Å².